The lowest BCUT2D eigenvalue weighted by atomic mass is 9.68. The highest BCUT2D eigenvalue weighted by atomic mass is 127. The summed E-state index contributed by atoms with van der Waals surface area (Å²) >= 11 is 0. The van der Waals surface area contributed by atoms with E-state index in [1.165, 1.54) is 38.4 Å². The molecule has 5 nitrogen and oxygen atoms in total. The molecule has 1 spiro atoms. The van der Waals surface area contributed by atoms with Crippen LogP contribution in [0.25, 0.3) is 0 Å². The lowest BCUT2D eigenvalue weighted by Crippen LogP contribution is -2.43. The van der Waals surface area contributed by atoms with Crippen LogP contribution in [0.1, 0.15) is 41.6 Å². The molecule has 0 amide bonds. The van der Waals surface area contributed by atoms with Gasteiger partial charge in [0, 0.05) is 26.7 Å². The van der Waals surface area contributed by atoms with E-state index >= 15 is 0 Å². The minimum absolute atomic E-state index is 0. The van der Waals surface area contributed by atoms with Gasteiger partial charge in [0.15, 0.2) is 5.96 Å². The maximum atomic E-state index is 11.4. The van der Waals surface area contributed by atoms with Crippen molar-refractivity contribution in [1.82, 2.24) is 10.2 Å². The summed E-state index contributed by atoms with van der Waals surface area (Å²) in [5.41, 5.74) is 2.37. The Morgan fingerprint density at radius 2 is 2.00 bits per heavy atom. The minimum atomic E-state index is -0.293. The summed E-state index contributed by atoms with van der Waals surface area (Å²) in [7, 11) is 3.26. The standard InChI is InChI=1S/C19H27N3O2.HI/c1-20-18(22-13-11-19(14-22)9-3-10-19)21-12-8-15-4-6-16(7-5-15)17(23)24-2;/h4-7H,3,8-14H2,1-2H3,(H,20,21);1H. The Labute approximate surface area is 167 Å². The third-order valence-corrected chi connectivity index (χ3v) is 5.44. The van der Waals surface area contributed by atoms with E-state index in [2.05, 4.69) is 15.2 Å². The van der Waals surface area contributed by atoms with Crippen molar-refractivity contribution in [2.75, 3.05) is 33.8 Å². The Bertz CT molecular complexity index is 612. The number of nitrogens with zero attached hydrogens (tertiary/aromatic N) is 2. The quantitative estimate of drug-likeness (QED) is 0.327. The van der Waals surface area contributed by atoms with Gasteiger partial charge in [0.05, 0.1) is 12.7 Å². The zero-order valence-corrected chi connectivity index (χ0v) is 17.4. The van der Waals surface area contributed by atoms with Crippen LogP contribution in [0.15, 0.2) is 29.3 Å². The molecule has 1 aliphatic carbocycles. The highest BCUT2D eigenvalue weighted by Gasteiger charge is 2.43. The van der Waals surface area contributed by atoms with Crippen LogP contribution in [-0.2, 0) is 11.2 Å². The molecule has 1 aromatic carbocycles. The van der Waals surface area contributed by atoms with Crippen LogP contribution in [0, 0.1) is 5.41 Å². The number of rotatable bonds is 4. The number of carbonyl (C=O) groups is 1. The Kier molecular flexibility index (Phi) is 7.10. The first-order chi connectivity index (χ1) is 11.7. The van der Waals surface area contributed by atoms with Crippen LogP contribution >= 0.6 is 24.0 Å². The first kappa shape index (κ1) is 20.0. The molecule has 2 aliphatic rings. The Morgan fingerprint density at radius 1 is 1.28 bits per heavy atom. The summed E-state index contributed by atoms with van der Waals surface area (Å²) in [6.45, 7) is 3.11. The molecule has 1 heterocycles. The van der Waals surface area contributed by atoms with Gasteiger partial charge in [0.2, 0.25) is 0 Å². The fourth-order valence-electron chi connectivity index (χ4n) is 3.78. The monoisotopic (exact) mass is 457 g/mol. The van der Waals surface area contributed by atoms with Crippen LogP contribution in [0.2, 0.25) is 0 Å². The van der Waals surface area contributed by atoms with E-state index in [9.17, 15) is 4.79 Å². The number of nitrogens with one attached hydrogen (secondary N) is 1. The Balaban J connectivity index is 0.00000225. The zero-order chi connectivity index (χ0) is 17.0. The Morgan fingerprint density at radius 3 is 2.52 bits per heavy atom. The minimum Gasteiger partial charge on any atom is -0.465 e. The van der Waals surface area contributed by atoms with Gasteiger partial charge in [-0.3, -0.25) is 4.99 Å². The van der Waals surface area contributed by atoms with Gasteiger partial charge in [0.1, 0.15) is 0 Å². The smallest absolute Gasteiger partial charge is 0.337 e. The number of hydrogen-bond acceptors (Lipinski definition) is 3. The summed E-state index contributed by atoms with van der Waals surface area (Å²) in [6, 6.07) is 7.60. The maximum absolute atomic E-state index is 11.4. The van der Waals surface area contributed by atoms with E-state index in [-0.39, 0.29) is 29.9 Å². The number of aliphatic imine (C=N–C) groups is 1. The molecule has 1 aromatic rings. The molecule has 1 N–H and O–H groups in total. The molecule has 1 aliphatic heterocycles. The molecule has 1 saturated heterocycles. The second kappa shape index (κ2) is 8.87. The first-order valence-corrected chi connectivity index (χ1v) is 8.79. The van der Waals surface area contributed by atoms with E-state index in [0.717, 1.165) is 32.0 Å². The molecule has 0 atom stereocenters. The van der Waals surface area contributed by atoms with Gasteiger partial charge in [-0.25, -0.2) is 4.79 Å². The van der Waals surface area contributed by atoms with Crippen LogP contribution in [0.4, 0.5) is 0 Å². The Hall–Kier alpha value is -1.31. The average molecular weight is 457 g/mol. The lowest BCUT2D eigenvalue weighted by Gasteiger charge is -2.38. The molecule has 3 rings (SSSR count). The van der Waals surface area contributed by atoms with E-state index in [4.69, 9.17) is 4.74 Å². The van der Waals surface area contributed by atoms with Crippen LogP contribution in [-0.4, -0.2) is 50.6 Å². The molecule has 2 fully saturated rings. The molecule has 1 saturated carbocycles. The van der Waals surface area contributed by atoms with Crippen molar-refractivity contribution in [3.63, 3.8) is 0 Å². The van der Waals surface area contributed by atoms with Gasteiger partial charge < -0.3 is 15.0 Å². The molecular formula is C19H28IN3O2. The number of likely N-dealkylation sites (tertiary alicyclic amines) is 1. The topological polar surface area (TPSA) is 53.9 Å². The summed E-state index contributed by atoms with van der Waals surface area (Å²) in [5.74, 6) is 0.726. The van der Waals surface area contributed by atoms with Gasteiger partial charge in [-0.1, -0.05) is 18.6 Å². The van der Waals surface area contributed by atoms with E-state index in [1.54, 1.807) is 0 Å². The number of hydrogen-bond donors (Lipinski definition) is 1. The van der Waals surface area contributed by atoms with Crippen LogP contribution in [0.5, 0.6) is 0 Å². The van der Waals surface area contributed by atoms with Crippen molar-refractivity contribution in [2.24, 2.45) is 10.4 Å². The summed E-state index contributed by atoms with van der Waals surface area (Å²) in [4.78, 5) is 18.3. The SMILES string of the molecule is CN=C(NCCc1ccc(C(=O)OC)cc1)N1CCC2(CCC2)C1.I. The van der Waals surface area contributed by atoms with Crippen LogP contribution < -0.4 is 5.32 Å². The van der Waals surface area contributed by atoms with Crippen molar-refractivity contribution in [3.05, 3.63) is 35.4 Å². The zero-order valence-electron chi connectivity index (χ0n) is 15.1. The lowest BCUT2D eigenvalue weighted by molar-refractivity contribution is 0.0600. The number of ether oxygens (including phenoxy) is 1. The number of esters is 1. The third kappa shape index (κ3) is 4.65. The van der Waals surface area contributed by atoms with E-state index < -0.39 is 0 Å². The van der Waals surface area contributed by atoms with Gasteiger partial charge in [0.25, 0.3) is 0 Å². The van der Waals surface area contributed by atoms with E-state index in [1.807, 2.05) is 31.3 Å². The van der Waals surface area contributed by atoms with Gasteiger partial charge in [-0.2, -0.15) is 0 Å². The molecule has 25 heavy (non-hydrogen) atoms. The van der Waals surface area contributed by atoms with Crippen molar-refractivity contribution >= 4 is 35.9 Å². The normalized spacial score (nSPS) is 18.5. The maximum Gasteiger partial charge on any atom is 0.337 e. The molecule has 0 aromatic heterocycles. The number of carbonyl (C=O) groups excluding carboxylic acids is 1. The van der Waals surface area contributed by atoms with E-state index in [0.29, 0.717) is 11.0 Å². The second-order valence-electron chi connectivity index (χ2n) is 6.94. The second-order valence-corrected chi connectivity index (χ2v) is 6.94. The van der Waals surface area contributed by atoms with Gasteiger partial charge >= 0.3 is 5.97 Å². The molecule has 6 heteroatoms. The number of guanidine groups is 1. The average Bonchev–Trinajstić information content (AvgIpc) is 3.04. The highest BCUT2D eigenvalue weighted by Crippen LogP contribution is 2.47. The fourth-order valence-corrected chi connectivity index (χ4v) is 3.78. The van der Waals surface area contributed by atoms with Crippen molar-refractivity contribution in [3.8, 4) is 0 Å². The highest BCUT2D eigenvalue weighted by molar-refractivity contribution is 14.0. The van der Waals surface area contributed by atoms with Gasteiger partial charge in [-0.05, 0) is 48.8 Å². The number of benzene rings is 1. The first-order valence-electron chi connectivity index (χ1n) is 8.79. The van der Waals surface area contributed by atoms with Gasteiger partial charge in [-0.15, -0.1) is 24.0 Å². The van der Waals surface area contributed by atoms with Crippen molar-refractivity contribution in [2.45, 2.75) is 32.1 Å². The van der Waals surface area contributed by atoms with Crippen LogP contribution in [0.3, 0.4) is 0 Å². The van der Waals surface area contributed by atoms with Crippen molar-refractivity contribution in [1.29, 1.82) is 0 Å². The predicted molar refractivity (Wildman–Crippen MR) is 111 cm³/mol. The summed E-state index contributed by atoms with van der Waals surface area (Å²) in [6.07, 6.45) is 6.36. The molecule has 138 valence electrons. The molecule has 0 bridgehead atoms. The number of halogens is 1. The fraction of sp³-hybridized carbons (Fsp3) is 0.579. The predicted octanol–water partition coefficient (Wildman–Crippen LogP) is 3.09. The summed E-state index contributed by atoms with van der Waals surface area (Å²) in [5, 5.41) is 3.48. The largest absolute Gasteiger partial charge is 0.465 e. The number of methoxy groups -OCH3 is 1. The molecule has 0 unspecified atom stereocenters. The summed E-state index contributed by atoms with van der Waals surface area (Å²) < 4.78 is 4.72. The van der Waals surface area contributed by atoms with Crippen molar-refractivity contribution < 1.29 is 9.53 Å². The third-order valence-electron chi connectivity index (χ3n) is 5.44. The molecule has 0 radical (unpaired) electrons. The molecular weight excluding hydrogens is 429 g/mol.